The van der Waals surface area contributed by atoms with E-state index < -0.39 is 17.7 Å². The minimum absolute atomic E-state index is 0. The van der Waals surface area contributed by atoms with Crippen LogP contribution in [0.1, 0.15) is 45.0 Å². The van der Waals surface area contributed by atoms with Crippen molar-refractivity contribution < 1.29 is 27.8 Å². The fourth-order valence-corrected chi connectivity index (χ4v) is 4.92. The van der Waals surface area contributed by atoms with Gasteiger partial charge in [-0.2, -0.15) is 13.2 Å². The molecule has 9 heteroatoms. The van der Waals surface area contributed by atoms with Gasteiger partial charge in [0.2, 0.25) is 0 Å². The van der Waals surface area contributed by atoms with E-state index in [9.17, 15) is 23.1 Å². The Kier molecular flexibility index (Phi) is 11.6. The summed E-state index contributed by atoms with van der Waals surface area (Å²) in [5.74, 6) is -0.624. The number of carboxylic acids is 1. The Morgan fingerprint density at radius 3 is 2.07 bits per heavy atom. The Labute approximate surface area is 248 Å². The van der Waals surface area contributed by atoms with Gasteiger partial charge in [0.15, 0.2) is 0 Å². The van der Waals surface area contributed by atoms with Gasteiger partial charge in [-0.1, -0.05) is 90.5 Å². The molecule has 0 bridgehead atoms. The maximum Gasteiger partial charge on any atom is 0.417 e. The standard InChI is InChI=1S/C32H29ClF3NO3.ClH/c33-30-26(15-8-17-29(30)32(34,35)36)21-37(18-9-19-40-27-16-7-14-25(20-27)31(38)39)22-28(23-10-3-1-4-11-23)24-12-5-2-6-13-24;/h1-8,10-17,20,28H,9,18-19,21-22H2,(H,38,39);1H. The lowest BCUT2D eigenvalue weighted by atomic mass is 9.90. The number of carbonyl (C=O) groups is 1. The number of nitrogens with zero attached hydrogens (tertiary/aromatic N) is 1. The van der Waals surface area contributed by atoms with Crippen molar-refractivity contribution in [3.8, 4) is 5.75 Å². The maximum absolute atomic E-state index is 13.6. The van der Waals surface area contributed by atoms with Crippen LogP contribution in [0.5, 0.6) is 5.75 Å². The third-order valence-corrected chi connectivity index (χ3v) is 7.04. The smallest absolute Gasteiger partial charge is 0.417 e. The summed E-state index contributed by atoms with van der Waals surface area (Å²) in [6.45, 7) is 1.57. The molecule has 0 aliphatic carbocycles. The van der Waals surface area contributed by atoms with Crippen molar-refractivity contribution in [2.75, 3.05) is 19.7 Å². The predicted octanol–water partition coefficient (Wildman–Crippen LogP) is 8.58. The highest BCUT2D eigenvalue weighted by Crippen LogP contribution is 2.37. The molecule has 4 rings (SSSR count). The molecule has 0 radical (unpaired) electrons. The summed E-state index contributed by atoms with van der Waals surface area (Å²) in [7, 11) is 0. The molecule has 0 spiro atoms. The number of rotatable bonds is 12. The fraction of sp³-hybridized carbons (Fsp3) is 0.219. The Hall–Kier alpha value is -3.52. The molecule has 216 valence electrons. The molecule has 0 aromatic heterocycles. The second kappa shape index (κ2) is 14.9. The summed E-state index contributed by atoms with van der Waals surface area (Å²) < 4.78 is 46.5. The highest BCUT2D eigenvalue weighted by Gasteiger charge is 2.34. The number of ether oxygens (including phenoxy) is 1. The zero-order chi connectivity index (χ0) is 28.5. The number of aromatic carboxylic acids is 1. The number of hydrogen-bond donors (Lipinski definition) is 1. The molecule has 0 heterocycles. The average Bonchev–Trinajstić information content (AvgIpc) is 2.95. The van der Waals surface area contributed by atoms with E-state index in [2.05, 4.69) is 4.90 Å². The second-order valence-electron chi connectivity index (χ2n) is 9.42. The number of carboxylic acid groups (broad SMARTS) is 1. The van der Waals surface area contributed by atoms with Crippen molar-refractivity contribution >= 4 is 30.0 Å². The minimum Gasteiger partial charge on any atom is -0.494 e. The van der Waals surface area contributed by atoms with Crippen molar-refractivity contribution in [3.05, 3.63) is 136 Å². The van der Waals surface area contributed by atoms with Crippen molar-refractivity contribution in [3.63, 3.8) is 0 Å². The summed E-state index contributed by atoms with van der Waals surface area (Å²) in [6.07, 6.45) is -3.99. The van der Waals surface area contributed by atoms with E-state index in [1.165, 1.54) is 18.2 Å². The van der Waals surface area contributed by atoms with Gasteiger partial charge in [0, 0.05) is 25.6 Å². The fourth-order valence-electron chi connectivity index (χ4n) is 4.63. The zero-order valence-electron chi connectivity index (χ0n) is 22.1. The third kappa shape index (κ3) is 8.98. The average molecular weight is 604 g/mol. The first-order valence-electron chi connectivity index (χ1n) is 12.9. The minimum atomic E-state index is -4.55. The Morgan fingerprint density at radius 1 is 0.878 bits per heavy atom. The summed E-state index contributed by atoms with van der Waals surface area (Å²) >= 11 is 6.27. The van der Waals surface area contributed by atoms with E-state index in [-0.39, 0.29) is 35.5 Å². The highest BCUT2D eigenvalue weighted by atomic mass is 35.5. The molecule has 0 atom stereocenters. The molecule has 0 unspecified atom stereocenters. The first-order chi connectivity index (χ1) is 19.2. The normalized spacial score (nSPS) is 11.4. The van der Waals surface area contributed by atoms with Crippen molar-refractivity contribution in [1.82, 2.24) is 4.90 Å². The molecular weight excluding hydrogens is 574 g/mol. The first-order valence-corrected chi connectivity index (χ1v) is 13.2. The molecule has 4 nitrogen and oxygen atoms in total. The van der Waals surface area contributed by atoms with Crippen LogP contribution in [0, 0.1) is 0 Å². The summed E-state index contributed by atoms with van der Waals surface area (Å²) in [5, 5.41) is 8.92. The maximum atomic E-state index is 13.6. The topological polar surface area (TPSA) is 49.8 Å². The summed E-state index contributed by atoms with van der Waals surface area (Å²) in [4.78, 5) is 13.3. The molecule has 0 saturated heterocycles. The molecule has 4 aromatic carbocycles. The Balaban J connectivity index is 0.00000462. The second-order valence-corrected chi connectivity index (χ2v) is 9.80. The molecule has 4 aromatic rings. The van der Waals surface area contributed by atoms with Crippen LogP contribution in [0.3, 0.4) is 0 Å². The van der Waals surface area contributed by atoms with Crippen LogP contribution < -0.4 is 4.74 Å². The lowest BCUT2D eigenvalue weighted by Gasteiger charge is -2.29. The van der Waals surface area contributed by atoms with Crippen LogP contribution in [0.25, 0.3) is 0 Å². The van der Waals surface area contributed by atoms with Crippen LogP contribution in [0.4, 0.5) is 13.2 Å². The van der Waals surface area contributed by atoms with Gasteiger partial charge >= 0.3 is 12.1 Å². The predicted molar refractivity (Wildman–Crippen MR) is 157 cm³/mol. The SMILES string of the molecule is Cl.O=C(O)c1cccc(OCCCN(Cc2cccc(C(F)(F)F)c2Cl)CC(c2ccccc2)c2ccccc2)c1. The molecular formula is C32H30Cl2F3NO3. The van der Waals surface area contributed by atoms with E-state index in [4.69, 9.17) is 16.3 Å². The monoisotopic (exact) mass is 603 g/mol. The zero-order valence-corrected chi connectivity index (χ0v) is 23.6. The third-order valence-electron chi connectivity index (χ3n) is 6.59. The van der Waals surface area contributed by atoms with E-state index in [0.717, 1.165) is 17.2 Å². The lowest BCUT2D eigenvalue weighted by molar-refractivity contribution is -0.137. The van der Waals surface area contributed by atoms with Gasteiger partial charge in [-0.15, -0.1) is 12.4 Å². The van der Waals surface area contributed by atoms with Gasteiger partial charge in [-0.3, -0.25) is 4.90 Å². The molecule has 0 saturated carbocycles. The number of alkyl halides is 3. The van der Waals surface area contributed by atoms with Crippen LogP contribution in [0.2, 0.25) is 5.02 Å². The van der Waals surface area contributed by atoms with Crippen molar-refractivity contribution in [1.29, 1.82) is 0 Å². The van der Waals surface area contributed by atoms with Crippen LogP contribution in [-0.4, -0.2) is 35.7 Å². The van der Waals surface area contributed by atoms with E-state index in [1.54, 1.807) is 18.2 Å². The van der Waals surface area contributed by atoms with Gasteiger partial charge in [-0.25, -0.2) is 4.79 Å². The summed E-state index contributed by atoms with van der Waals surface area (Å²) in [5.41, 5.74) is 1.86. The molecule has 0 aliphatic heterocycles. The van der Waals surface area contributed by atoms with E-state index in [0.29, 0.717) is 37.4 Å². The number of benzene rings is 4. The first kappa shape index (κ1) is 32.0. The van der Waals surface area contributed by atoms with Crippen molar-refractivity contribution in [2.24, 2.45) is 0 Å². The molecule has 1 N–H and O–H groups in total. The largest absolute Gasteiger partial charge is 0.494 e. The molecule has 0 aliphatic rings. The van der Waals surface area contributed by atoms with E-state index in [1.807, 2.05) is 60.7 Å². The van der Waals surface area contributed by atoms with Gasteiger partial charge in [-0.05, 0) is 47.4 Å². The van der Waals surface area contributed by atoms with Gasteiger partial charge < -0.3 is 9.84 Å². The molecule has 0 fully saturated rings. The molecule has 0 amide bonds. The van der Waals surface area contributed by atoms with Gasteiger partial charge in [0.25, 0.3) is 0 Å². The van der Waals surface area contributed by atoms with E-state index >= 15 is 0 Å². The van der Waals surface area contributed by atoms with Crippen LogP contribution >= 0.6 is 24.0 Å². The molecule has 41 heavy (non-hydrogen) atoms. The van der Waals surface area contributed by atoms with Crippen LogP contribution in [-0.2, 0) is 12.7 Å². The number of hydrogen-bond acceptors (Lipinski definition) is 3. The Bertz CT molecular complexity index is 1360. The quantitative estimate of drug-likeness (QED) is 0.165. The van der Waals surface area contributed by atoms with Gasteiger partial charge in [0.05, 0.1) is 22.8 Å². The lowest BCUT2D eigenvalue weighted by Crippen LogP contribution is -2.31. The van der Waals surface area contributed by atoms with Crippen LogP contribution in [0.15, 0.2) is 103 Å². The Morgan fingerprint density at radius 2 is 1.49 bits per heavy atom. The summed E-state index contributed by atoms with van der Waals surface area (Å²) in [6, 6.07) is 30.2. The number of halogens is 5. The van der Waals surface area contributed by atoms with Gasteiger partial charge in [0.1, 0.15) is 5.75 Å². The van der Waals surface area contributed by atoms with Crippen molar-refractivity contribution in [2.45, 2.75) is 25.1 Å². The highest BCUT2D eigenvalue weighted by molar-refractivity contribution is 6.32.